The summed E-state index contributed by atoms with van der Waals surface area (Å²) in [7, 11) is 0. The second-order valence-electron chi connectivity index (χ2n) is 5.93. The normalized spacial score (nSPS) is 12.3. The van der Waals surface area contributed by atoms with Crippen LogP contribution >= 0.6 is 0 Å². The molecule has 1 heterocycles. The van der Waals surface area contributed by atoms with Gasteiger partial charge in [-0.2, -0.15) is 0 Å². The van der Waals surface area contributed by atoms with E-state index in [1.54, 1.807) is 24.3 Å². The Bertz CT molecular complexity index is 798. The molecule has 24 heavy (non-hydrogen) atoms. The molecule has 0 spiro atoms. The zero-order valence-electron chi connectivity index (χ0n) is 13.7. The molecule has 0 aliphatic carbocycles. The molecule has 2 rings (SSSR count). The number of carbonyl (C=O) groups excluding carboxylic acids is 2. The van der Waals surface area contributed by atoms with Crippen LogP contribution in [0.15, 0.2) is 35.4 Å². The largest absolute Gasteiger partial charge is 0.550 e. The minimum atomic E-state index is -1.15. The lowest BCUT2D eigenvalue weighted by Crippen LogP contribution is -2.40. The quantitative estimate of drug-likeness (QED) is 0.732. The number of amides is 1. The summed E-state index contributed by atoms with van der Waals surface area (Å²) < 4.78 is 1.33. The number of benzene rings is 1. The van der Waals surface area contributed by atoms with E-state index < -0.39 is 12.0 Å². The Morgan fingerprint density at radius 3 is 2.67 bits per heavy atom. The van der Waals surface area contributed by atoms with Gasteiger partial charge in [0.2, 0.25) is 5.91 Å². The van der Waals surface area contributed by atoms with E-state index in [1.165, 1.54) is 10.9 Å². The van der Waals surface area contributed by atoms with Crippen molar-refractivity contribution >= 4 is 22.8 Å². The van der Waals surface area contributed by atoms with Crippen molar-refractivity contribution in [2.24, 2.45) is 5.92 Å². The van der Waals surface area contributed by atoms with Crippen LogP contribution in [0, 0.1) is 5.92 Å². The molecule has 128 valence electrons. The Balaban J connectivity index is 2.24. The molecular weight excluding hydrogens is 310 g/mol. The lowest BCUT2D eigenvalue weighted by atomic mass is 10.0. The minimum absolute atomic E-state index is 0.121. The molecule has 0 saturated carbocycles. The topological polar surface area (TPSA) is 104 Å². The summed E-state index contributed by atoms with van der Waals surface area (Å²) in [6.45, 7) is 3.89. The summed E-state index contributed by atoms with van der Waals surface area (Å²) in [5.74, 6) is -1.62. The molecule has 0 radical (unpaired) electrons. The third-order valence-corrected chi connectivity index (χ3v) is 3.75. The van der Waals surface area contributed by atoms with Gasteiger partial charge >= 0.3 is 0 Å². The number of hydrogen-bond acceptors (Lipinski definition) is 5. The van der Waals surface area contributed by atoms with Crippen molar-refractivity contribution in [1.29, 1.82) is 0 Å². The molecule has 1 aromatic heterocycles. The fraction of sp³-hybridized carbons (Fsp3) is 0.412. The van der Waals surface area contributed by atoms with E-state index in [-0.39, 0.29) is 36.8 Å². The summed E-state index contributed by atoms with van der Waals surface area (Å²) in [6.07, 6.45) is 1.55. The number of hydrogen-bond donors (Lipinski definition) is 1. The highest BCUT2D eigenvalue weighted by Crippen LogP contribution is 2.17. The van der Waals surface area contributed by atoms with Crippen molar-refractivity contribution < 1.29 is 14.7 Å². The average Bonchev–Trinajstić information content (AvgIpc) is 2.54. The Kier molecular flexibility index (Phi) is 5.68. The van der Waals surface area contributed by atoms with E-state index in [0.29, 0.717) is 10.9 Å². The molecule has 7 nitrogen and oxygen atoms in total. The van der Waals surface area contributed by atoms with Crippen LogP contribution in [0.1, 0.15) is 32.7 Å². The number of carboxylic acid groups (broad SMARTS) is 1. The number of nitrogens with one attached hydrogen (secondary N) is 1. The Hall–Kier alpha value is -2.70. The number of carbonyl (C=O) groups is 2. The molecule has 0 aliphatic rings. The van der Waals surface area contributed by atoms with Crippen LogP contribution in [0.2, 0.25) is 0 Å². The zero-order chi connectivity index (χ0) is 17.7. The summed E-state index contributed by atoms with van der Waals surface area (Å²) in [5, 5.41) is 13.5. The maximum atomic E-state index is 12.7. The van der Waals surface area contributed by atoms with Crippen LogP contribution in [0.3, 0.4) is 0 Å². The van der Waals surface area contributed by atoms with E-state index in [1.807, 2.05) is 13.8 Å². The molecule has 0 aliphatic heterocycles. The number of nitrogens with zero attached hydrogens (tertiary/aromatic N) is 2. The van der Waals surface area contributed by atoms with Crippen LogP contribution in [0.4, 0.5) is 0 Å². The number of aromatic nitrogens is 2. The number of carboxylic acids is 1. The highest BCUT2D eigenvalue weighted by Gasteiger charge is 2.25. The van der Waals surface area contributed by atoms with Crippen molar-refractivity contribution in [3.8, 4) is 0 Å². The van der Waals surface area contributed by atoms with Gasteiger partial charge in [-0.05, 0) is 30.9 Å². The van der Waals surface area contributed by atoms with Gasteiger partial charge in [-0.15, -0.1) is 0 Å². The van der Waals surface area contributed by atoms with Crippen LogP contribution in [0.5, 0.6) is 0 Å². The lowest BCUT2D eigenvalue weighted by molar-refractivity contribution is -0.305. The van der Waals surface area contributed by atoms with Gasteiger partial charge in [-0.1, -0.05) is 26.0 Å². The average molecular weight is 330 g/mol. The monoisotopic (exact) mass is 330 g/mol. The maximum Gasteiger partial charge on any atom is 0.261 e. The molecule has 1 N–H and O–H groups in total. The fourth-order valence-corrected chi connectivity index (χ4v) is 2.58. The molecule has 0 bridgehead atoms. The predicted molar refractivity (Wildman–Crippen MR) is 87.1 cm³/mol. The Morgan fingerprint density at radius 2 is 2.00 bits per heavy atom. The van der Waals surface area contributed by atoms with Crippen molar-refractivity contribution in [1.82, 2.24) is 14.9 Å². The summed E-state index contributed by atoms with van der Waals surface area (Å²) in [4.78, 5) is 39.8. The fourth-order valence-electron chi connectivity index (χ4n) is 2.58. The van der Waals surface area contributed by atoms with Gasteiger partial charge in [0.1, 0.15) is 6.04 Å². The first-order valence-electron chi connectivity index (χ1n) is 7.85. The van der Waals surface area contributed by atoms with Gasteiger partial charge < -0.3 is 15.2 Å². The first-order valence-corrected chi connectivity index (χ1v) is 7.85. The maximum absolute atomic E-state index is 12.7. The smallest absolute Gasteiger partial charge is 0.261 e. The number of fused-ring (bicyclic) bond motifs is 1. The Labute approximate surface area is 139 Å². The molecule has 1 atom stereocenters. The number of rotatable bonds is 7. The predicted octanol–water partition coefficient (Wildman–Crippen LogP) is 0.240. The summed E-state index contributed by atoms with van der Waals surface area (Å²) >= 11 is 0. The molecule has 1 aromatic carbocycles. The highest BCUT2D eigenvalue weighted by molar-refractivity contribution is 5.82. The van der Waals surface area contributed by atoms with E-state index >= 15 is 0 Å². The van der Waals surface area contributed by atoms with Crippen molar-refractivity contribution in [3.05, 3.63) is 40.9 Å². The lowest BCUT2D eigenvalue weighted by Gasteiger charge is -2.22. The third-order valence-electron chi connectivity index (χ3n) is 3.75. The summed E-state index contributed by atoms with van der Waals surface area (Å²) in [5.41, 5.74) is 0.305. The highest BCUT2D eigenvalue weighted by atomic mass is 16.4. The molecule has 0 fully saturated rings. The molecule has 2 aromatic rings. The van der Waals surface area contributed by atoms with E-state index in [9.17, 15) is 19.5 Å². The molecule has 7 heteroatoms. The van der Waals surface area contributed by atoms with Crippen LogP contribution in [-0.2, 0) is 9.59 Å². The van der Waals surface area contributed by atoms with Gasteiger partial charge in [0.15, 0.2) is 0 Å². The van der Waals surface area contributed by atoms with Crippen LogP contribution in [-0.4, -0.2) is 28.0 Å². The minimum Gasteiger partial charge on any atom is -0.550 e. The van der Waals surface area contributed by atoms with Gasteiger partial charge in [-0.25, -0.2) is 4.98 Å². The second kappa shape index (κ2) is 7.72. The zero-order valence-corrected chi connectivity index (χ0v) is 13.7. The van der Waals surface area contributed by atoms with Gasteiger partial charge in [0, 0.05) is 12.5 Å². The molecular formula is C17H20N3O4-. The molecule has 1 amide bonds. The van der Waals surface area contributed by atoms with Crippen LogP contribution in [0.25, 0.3) is 10.9 Å². The van der Waals surface area contributed by atoms with Crippen molar-refractivity contribution in [2.45, 2.75) is 32.7 Å². The summed E-state index contributed by atoms with van der Waals surface area (Å²) in [6, 6.07) is 6.25. The first-order chi connectivity index (χ1) is 11.4. The molecule has 0 unspecified atom stereocenters. The van der Waals surface area contributed by atoms with Crippen molar-refractivity contribution in [2.75, 3.05) is 6.54 Å². The number of aliphatic carboxylic acids is 1. The molecule has 0 saturated heterocycles. The second-order valence-corrected chi connectivity index (χ2v) is 5.93. The number of para-hydroxylation sites is 1. The standard InChI is InChI=1S/C17H21N3O4/c1-11(2)15(16(23)18-9-5-8-14(21)22)20-10-19-13-7-4-3-6-12(13)17(20)24/h3-4,6-7,10-11,15H,5,8-9H2,1-2H3,(H,18,23)(H,21,22)/p-1/t15-/m0/s1. The van der Waals surface area contributed by atoms with Gasteiger partial charge in [0.25, 0.3) is 5.56 Å². The van der Waals surface area contributed by atoms with E-state index in [2.05, 4.69) is 10.3 Å². The van der Waals surface area contributed by atoms with Crippen LogP contribution < -0.4 is 16.0 Å². The first kappa shape index (κ1) is 17.7. The van der Waals surface area contributed by atoms with Gasteiger partial charge in [0.05, 0.1) is 17.2 Å². The SMILES string of the molecule is CC(C)[C@@H](C(=O)NCCCC(=O)[O-])n1cnc2ccccc2c1=O. The van der Waals surface area contributed by atoms with E-state index in [4.69, 9.17) is 0 Å². The Morgan fingerprint density at radius 1 is 1.29 bits per heavy atom. The third kappa shape index (κ3) is 3.98. The van der Waals surface area contributed by atoms with E-state index in [0.717, 1.165) is 0 Å². The van der Waals surface area contributed by atoms with Gasteiger partial charge in [-0.3, -0.25) is 14.2 Å². The van der Waals surface area contributed by atoms with Crippen molar-refractivity contribution in [3.63, 3.8) is 0 Å².